The van der Waals surface area contributed by atoms with Crippen LogP contribution in [0.1, 0.15) is 24.2 Å². The molecule has 192 valence electrons. The molecule has 2 saturated heterocycles. The van der Waals surface area contributed by atoms with Gasteiger partial charge in [-0.25, -0.2) is 15.0 Å². The molecule has 2 aliphatic heterocycles. The molecular formula is C28H27N7O2S. The van der Waals surface area contributed by atoms with E-state index in [2.05, 4.69) is 60.8 Å². The minimum Gasteiger partial charge on any atom is -0.360 e. The van der Waals surface area contributed by atoms with Gasteiger partial charge in [-0.1, -0.05) is 24.3 Å². The maximum absolute atomic E-state index is 11.8. The van der Waals surface area contributed by atoms with Gasteiger partial charge in [-0.2, -0.15) is 0 Å². The second-order valence-electron chi connectivity index (χ2n) is 9.45. The number of benzene rings is 1. The van der Waals surface area contributed by atoms with Gasteiger partial charge in [0.15, 0.2) is 0 Å². The fourth-order valence-electron chi connectivity index (χ4n) is 4.92. The van der Waals surface area contributed by atoms with Gasteiger partial charge in [0.1, 0.15) is 0 Å². The second kappa shape index (κ2) is 10.8. The average Bonchev–Trinajstić information content (AvgIpc) is 3.59. The minimum atomic E-state index is -0.382. The molecule has 0 atom stereocenters. The van der Waals surface area contributed by atoms with Crippen LogP contribution in [0.5, 0.6) is 0 Å². The Balaban J connectivity index is 1.06. The summed E-state index contributed by atoms with van der Waals surface area (Å²) in [5.74, 6) is 0.823. The van der Waals surface area contributed by atoms with Crippen LogP contribution < -0.4 is 15.5 Å². The van der Waals surface area contributed by atoms with E-state index in [0.717, 1.165) is 61.3 Å². The normalized spacial score (nSPS) is 17.5. The number of nitrogens with one attached hydrogen (secondary N) is 3. The number of rotatable bonds is 7. The zero-order valence-corrected chi connectivity index (χ0v) is 21.5. The third-order valence-corrected chi connectivity index (χ3v) is 7.71. The number of hydrogen-bond donors (Lipinski definition) is 3. The van der Waals surface area contributed by atoms with Crippen molar-refractivity contribution in [1.29, 1.82) is 0 Å². The molecule has 0 saturated carbocycles. The Bertz CT molecular complexity index is 1510. The maximum Gasteiger partial charge on any atom is 0.290 e. The van der Waals surface area contributed by atoms with Crippen LogP contribution in [0.2, 0.25) is 0 Å². The lowest BCUT2D eigenvalue weighted by atomic mass is 9.97. The zero-order valence-electron chi connectivity index (χ0n) is 20.7. The van der Waals surface area contributed by atoms with Crippen molar-refractivity contribution in [1.82, 2.24) is 30.6 Å². The summed E-state index contributed by atoms with van der Waals surface area (Å²) in [7, 11) is 0. The number of aromatic nitrogens is 4. The van der Waals surface area contributed by atoms with E-state index in [-0.39, 0.29) is 11.1 Å². The second-order valence-corrected chi connectivity index (χ2v) is 10.5. The molecule has 0 unspecified atom stereocenters. The molecule has 1 aromatic carbocycles. The highest BCUT2D eigenvalue weighted by Crippen LogP contribution is 2.27. The lowest BCUT2D eigenvalue weighted by Gasteiger charge is -2.32. The summed E-state index contributed by atoms with van der Waals surface area (Å²) in [6, 6.07) is 16.3. The van der Waals surface area contributed by atoms with Crippen molar-refractivity contribution in [3.63, 3.8) is 0 Å². The fourth-order valence-corrected chi connectivity index (χ4v) is 5.58. The summed E-state index contributed by atoms with van der Waals surface area (Å²) < 4.78 is 0. The molecule has 0 radical (unpaired) electrons. The predicted octanol–water partition coefficient (Wildman–Crippen LogP) is 4.35. The highest BCUT2D eigenvalue weighted by Gasteiger charge is 2.26. The molecule has 0 bridgehead atoms. The number of aromatic amines is 1. The van der Waals surface area contributed by atoms with E-state index in [1.54, 1.807) is 18.3 Å². The van der Waals surface area contributed by atoms with Gasteiger partial charge in [0.05, 0.1) is 27.7 Å². The van der Waals surface area contributed by atoms with Gasteiger partial charge in [-0.3, -0.25) is 14.9 Å². The van der Waals surface area contributed by atoms with Gasteiger partial charge in [-0.05, 0) is 72.8 Å². The zero-order chi connectivity index (χ0) is 25.9. The van der Waals surface area contributed by atoms with E-state index < -0.39 is 0 Å². The summed E-state index contributed by atoms with van der Waals surface area (Å²) in [6.45, 7) is 3.36. The molecule has 3 N–H and O–H groups in total. The van der Waals surface area contributed by atoms with E-state index >= 15 is 0 Å². The van der Waals surface area contributed by atoms with Gasteiger partial charge >= 0.3 is 0 Å². The first-order valence-corrected chi connectivity index (χ1v) is 13.5. The topological polar surface area (TPSA) is 116 Å². The van der Waals surface area contributed by atoms with Gasteiger partial charge < -0.3 is 15.2 Å². The first-order valence-electron chi connectivity index (χ1n) is 12.7. The number of pyridine rings is 1. The number of carbonyl (C=O) groups is 2. The average molecular weight is 526 g/mol. The van der Waals surface area contributed by atoms with Gasteiger partial charge in [0, 0.05) is 37.4 Å². The molecule has 2 amide bonds. The lowest BCUT2D eigenvalue weighted by Crippen LogP contribution is -2.38. The van der Waals surface area contributed by atoms with Crippen LogP contribution in [0, 0.1) is 5.92 Å². The molecule has 0 aliphatic carbocycles. The summed E-state index contributed by atoms with van der Waals surface area (Å²) in [5.41, 5.74) is 3.65. The van der Waals surface area contributed by atoms with Crippen molar-refractivity contribution in [2.24, 2.45) is 5.92 Å². The molecule has 0 spiro atoms. The van der Waals surface area contributed by atoms with Crippen LogP contribution in [0.4, 0.5) is 10.7 Å². The smallest absolute Gasteiger partial charge is 0.290 e. The number of amides is 2. The van der Waals surface area contributed by atoms with E-state index in [1.165, 1.54) is 10.8 Å². The van der Waals surface area contributed by atoms with Crippen molar-refractivity contribution in [3.8, 4) is 11.4 Å². The van der Waals surface area contributed by atoms with Crippen LogP contribution in [-0.2, 0) is 11.3 Å². The molecule has 3 aromatic heterocycles. The van der Waals surface area contributed by atoms with Gasteiger partial charge in [0.2, 0.25) is 5.95 Å². The van der Waals surface area contributed by atoms with E-state index in [1.807, 2.05) is 18.3 Å². The number of nitrogens with zero attached hydrogens (tertiary/aromatic N) is 4. The number of carbonyl (C=O) groups excluding carboxylic acids is 2. The number of piperidine rings is 1. The van der Waals surface area contributed by atoms with Crippen molar-refractivity contribution in [2.75, 3.05) is 24.5 Å². The SMILES string of the molecule is O=C1NC(=O)/C(=C/c2ccnc(N3CCC(CNCc4nc(-c5ccc[nH]5)cc5ccccc45)CC3)n2)S1. The summed E-state index contributed by atoms with van der Waals surface area (Å²) in [6.07, 6.45) is 7.32. The molecule has 2 fully saturated rings. The minimum absolute atomic E-state index is 0.352. The number of thioether (sulfide) groups is 1. The van der Waals surface area contributed by atoms with Crippen LogP contribution >= 0.6 is 11.8 Å². The summed E-state index contributed by atoms with van der Waals surface area (Å²) in [5, 5.41) is 7.92. The van der Waals surface area contributed by atoms with Crippen LogP contribution in [0.25, 0.3) is 28.2 Å². The highest BCUT2D eigenvalue weighted by molar-refractivity contribution is 8.18. The molecule has 4 aromatic rings. The van der Waals surface area contributed by atoms with E-state index in [9.17, 15) is 9.59 Å². The van der Waals surface area contributed by atoms with Gasteiger partial charge in [0.25, 0.3) is 11.1 Å². The standard InChI is InChI=1S/C28H27N7O2S/c36-26-25(38-28(37)34-26)15-20-7-11-31-27(32-20)35-12-8-18(9-13-35)16-29-17-24-21-5-2-1-4-19(21)14-23(33-24)22-6-3-10-30-22/h1-7,10-11,14-15,18,29-30H,8-9,12-13,16-17H2,(H,34,36,37)/b25-15-. The molecular weight excluding hydrogens is 498 g/mol. The number of hydrogen-bond acceptors (Lipinski definition) is 8. The third-order valence-electron chi connectivity index (χ3n) is 6.90. The Labute approximate surface area is 224 Å². The number of H-pyrrole nitrogens is 1. The largest absolute Gasteiger partial charge is 0.360 e. The summed E-state index contributed by atoms with van der Waals surface area (Å²) >= 11 is 0.891. The summed E-state index contributed by atoms with van der Waals surface area (Å²) in [4.78, 5) is 43.1. The molecule has 38 heavy (non-hydrogen) atoms. The van der Waals surface area contributed by atoms with E-state index in [0.29, 0.717) is 29.0 Å². The van der Waals surface area contributed by atoms with Crippen molar-refractivity contribution >= 4 is 45.7 Å². The Morgan fingerprint density at radius 3 is 2.74 bits per heavy atom. The molecule has 2 aliphatic rings. The van der Waals surface area contributed by atoms with Crippen LogP contribution in [0.15, 0.2) is 65.8 Å². The molecule has 9 nitrogen and oxygen atoms in total. The Morgan fingerprint density at radius 2 is 1.95 bits per heavy atom. The number of fused-ring (bicyclic) bond motifs is 1. The lowest BCUT2D eigenvalue weighted by molar-refractivity contribution is -0.115. The molecule has 5 heterocycles. The van der Waals surface area contributed by atoms with Crippen LogP contribution in [0.3, 0.4) is 0 Å². The Morgan fingerprint density at radius 1 is 1.08 bits per heavy atom. The quantitative estimate of drug-likeness (QED) is 0.305. The fraction of sp³-hybridized carbons (Fsp3) is 0.250. The Hall–Kier alpha value is -4.02. The third kappa shape index (κ3) is 5.32. The van der Waals surface area contributed by atoms with Crippen molar-refractivity contribution in [2.45, 2.75) is 19.4 Å². The molecule has 10 heteroatoms. The van der Waals surface area contributed by atoms with E-state index in [4.69, 9.17) is 4.98 Å². The maximum atomic E-state index is 11.8. The Kier molecular flexibility index (Phi) is 6.89. The number of anilines is 1. The van der Waals surface area contributed by atoms with Crippen molar-refractivity contribution < 1.29 is 9.59 Å². The van der Waals surface area contributed by atoms with Gasteiger partial charge in [-0.15, -0.1) is 0 Å². The predicted molar refractivity (Wildman–Crippen MR) is 149 cm³/mol. The van der Waals surface area contributed by atoms with Crippen molar-refractivity contribution in [3.05, 3.63) is 77.2 Å². The highest BCUT2D eigenvalue weighted by atomic mass is 32.2. The first-order chi connectivity index (χ1) is 18.6. The number of imide groups is 1. The van der Waals surface area contributed by atoms with Crippen LogP contribution in [-0.4, -0.2) is 50.7 Å². The monoisotopic (exact) mass is 525 g/mol. The molecule has 6 rings (SSSR count). The first kappa shape index (κ1) is 24.3.